The van der Waals surface area contributed by atoms with E-state index in [9.17, 15) is 9.59 Å². The van der Waals surface area contributed by atoms with Crippen molar-refractivity contribution in [3.63, 3.8) is 0 Å². The summed E-state index contributed by atoms with van der Waals surface area (Å²) in [4.78, 5) is 24.6. The molecule has 1 aromatic rings. The van der Waals surface area contributed by atoms with Gasteiger partial charge in [0, 0.05) is 37.3 Å². The van der Waals surface area contributed by atoms with E-state index < -0.39 is 5.97 Å². The Labute approximate surface area is 117 Å². The van der Waals surface area contributed by atoms with E-state index in [2.05, 4.69) is 0 Å². The van der Waals surface area contributed by atoms with Crippen LogP contribution < -0.4 is 5.56 Å². The molecule has 2 atom stereocenters. The lowest BCUT2D eigenvalue weighted by Gasteiger charge is -2.42. The van der Waals surface area contributed by atoms with Crippen molar-refractivity contribution >= 4 is 18.4 Å². The number of nitrogens with zero attached hydrogens (tertiary/aromatic N) is 2. The van der Waals surface area contributed by atoms with E-state index in [1.54, 1.807) is 12.1 Å². The Morgan fingerprint density at radius 3 is 2.84 bits per heavy atom. The summed E-state index contributed by atoms with van der Waals surface area (Å²) in [5.74, 6) is -0.0816. The summed E-state index contributed by atoms with van der Waals surface area (Å²) in [6.45, 7) is 2.35. The molecule has 5 nitrogen and oxygen atoms in total. The number of rotatable bonds is 2. The van der Waals surface area contributed by atoms with Crippen LogP contribution in [0.2, 0.25) is 0 Å². The maximum atomic E-state index is 11.8. The van der Waals surface area contributed by atoms with Crippen LogP contribution in [0.15, 0.2) is 23.0 Å². The van der Waals surface area contributed by atoms with Crippen LogP contribution >= 0.6 is 12.4 Å². The van der Waals surface area contributed by atoms with Gasteiger partial charge in [0.1, 0.15) is 0 Å². The van der Waals surface area contributed by atoms with E-state index in [4.69, 9.17) is 5.11 Å². The molecule has 0 aromatic carbocycles. The van der Waals surface area contributed by atoms with Gasteiger partial charge >= 0.3 is 5.97 Å². The molecule has 1 saturated heterocycles. The minimum Gasteiger partial charge on any atom is -0.480 e. The highest BCUT2D eigenvalue weighted by molar-refractivity contribution is 5.85. The van der Waals surface area contributed by atoms with Gasteiger partial charge in [-0.05, 0) is 18.4 Å². The van der Waals surface area contributed by atoms with Crippen molar-refractivity contribution < 1.29 is 9.90 Å². The van der Waals surface area contributed by atoms with Gasteiger partial charge in [0.15, 0.2) is 0 Å². The number of hydrogen-bond acceptors (Lipinski definition) is 3. The number of aliphatic carboxylic acids is 1. The molecule has 2 aliphatic rings. The normalized spacial score (nSPS) is 25.3. The third-order valence-electron chi connectivity index (χ3n) is 3.91. The average Bonchev–Trinajstić information content (AvgIpc) is 2.29. The van der Waals surface area contributed by atoms with E-state index >= 15 is 0 Å². The van der Waals surface area contributed by atoms with Crippen molar-refractivity contribution in [3.05, 3.63) is 34.2 Å². The van der Waals surface area contributed by atoms with Gasteiger partial charge in [0.2, 0.25) is 0 Å². The summed E-state index contributed by atoms with van der Waals surface area (Å²) in [5.41, 5.74) is 1.13. The van der Waals surface area contributed by atoms with Crippen molar-refractivity contribution in [2.45, 2.75) is 18.9 Å². The highest BCUT2D eigenvalue weighted by Crippen LogP contribution is 2.34. The number of piperidine rings is 1. The lowest BCUT2D eigenvalue weighted by Crippen LogP contribution is -2.48. The third-order valence-corrected chi connectivity index (χ3v) is 3.91. The number of carboxylic acid groups (broad SMARTS) is 1. The van der Waals surface area contributed by atoms with Crippen molar-refractivity contribution in [1.82, 2.24) is 9.47 Å². The van der Waals surface area contributed by atoms with Crippen LogP contribution in [0.25, 0.3) is 0 Å². The molecule has 2 aliphatic heterocycles. The fourth-order valence-electron chi connectivity index (χ4n) is 3.32. The maximum absolute atomic E-state index is 11.8. The molecule has 1 aromatic heterocycles. The first-order chi connectivity index (χ1) is 8.63. The standard InChI is InChI=1S/C13H16N2O3.ClH/c16-12-3-1-2-11-10-4-9(6-15(11)12)5-14(7-10)8-13(17)18;/h1-3,9-10H,4-8H2,(H,17,18);1H. The van der Waals surface area contributed by atoms with E-state index in [-0.39, 0.29) is 24.5 Å². The van der Waals surface area contributed by atoms with Gasteiger partial charge in [-0.3, -0.25) is 14.5 Å². The van der Waals surface area contributed by atoms with Gasteiger partial charge in [-0.25, -0.2) is 0 Å². The molecule has 0 spiro atoms. The molecule has 0 radical (unpaired) electrons. The molecule has 1 N–H and O–H groups in total. The molecule has 104 valence electrons. The number of carbonyl (C=O) groups is 1. The minimum atomic E-state index is -0.777. The number of hydrogen-bond donors (Lipinski definition) is 1. The van der Waals surface area contributed by atoms with Crippen LogP contribution in [0.4, 0.5) is 0 Å². The second-order valence-electron chi connectivity index (χ2n) is 5.29. The van der Waals surface area contributed by atoms with Crippen LogP contribution in [-0.2, 0) is 11.3 Å². The van der Waals surface area contributed by atoms with Gasteiger partial charge in [-0.15, -0.1) is 12.4 Å². The monoisotopic (exact) mass is 284 g/mol. The molecular weight excluding hydrogens is 268 g/mol. The molecule has 2 unspecified atom stereocenters. The van der Waals surface area contributed by atoms with Crippen LogP contribution in [0.3, 0.4) is 0 Å². The Bertz CT molecular complexity index is 543. The molecule has 0 aliphatic carbocycles. The second kappa shape index (κ2) is 5.35. The van der Waals surface area contributed by atoms with Crippen molar-refractivity contribution in [3.8, 4) is 0 Å². The highest BCUT2D eigenvalue weighted by Gasteiger charge is 2.34. The van der Waals surface area contributed by atoms with Gasteiger partial charge in [-0.1, -0.05) is 6.07 Å². The van der Waals surface area contributed by atoms with Crippen LogP contribution in [0, 0.1) is 5.92 Å². The van der Waals surface area contributed by atoms with E-state index in [0.29, 0.717) is 11.8 Å². The number of aromatic nitrogens is 1. The maximum Gasteiger partial charge on any atom is 0.317 e. The second-order valence-corrected chi connectivity index (χ2v) is 5.29. The molecule has 19 heavy (non-hydrogen) atoms. The quantitative estimate of drug-likeness (QED) is 0.871. The molecule has 1 fully saturated rings. The zero-order valence-corrected chi connectivity index (χ0v) is 11.3. The number of pyridine rings is 1. The van der Waals surface area contributed by atoms with Crippen LogP contribution in [0.1, 0.15) is 18.0 Å². The Hall–Kier alpha value is -1.33. The lowest BCUT2D eigenvalue weighted by atomic mass is 9.83. The predicted molar refractivity (Wildman–Crippen MR) is 72.9 cm³/mol. The number of carboxylic acids is 1. The fraction of sp³-hybridized carbons (Fsp3) is 0.538. The summed E-state index contributed by atoms with van der Waals surface area (Å²) < 4.78 is 1.86. The Morgan fingerprint density at radius 1 is 1.32 bits per heavy atom. The number of halogens is 1. The van der Waals surface area contributed by atoms with Crippen molar-refractivity contribution in [1.29, 1.82) is 0 Å². The average molecular weight is 285 g/mol. The van der Waals surface area contributed by atoms with Crippen molar-refractivity contribution in [2.24, 2.45) is 5.92 Å². The van der Waals surface area contributed by atoms with Gasteiger partial charge in [0.05, 0.1) is 6.54 Å². The van der Waals surface area contributed by atoms with Crippen LogP contribution in [0.5, 0.6) is 0 Å². The SMILES string of the molecule is Cl.O=C(O)CN1CC2CC(C1)c1cccc(=O)n1C2. The first kappa shape index (κ1) is 14.1. The summed E-state index contributed by atoms with van der Waals surface area (Å²) in [6, 6.07) is 5.39. The summed E-state index contributed by atoms with van der Waals surface area (Å²) in [7, 11) is 0. The number of likely N-dealkylation sites (tertiary alicyclic amines) is 1. The molecule has 3 rings (SSSR count). The molecule has 0 amide bonds. The summed E-state index contributed by atoms with van der Waals surface area (Å²) >= 11 is 0. The van der Waals surface area contributed by atoms with Gasteiger partial charge < -0.3 is 9.67 Å². The molecule has 6 heteroatoms. The van der Waals surface area contributed by atoms with E-state index in [1.807, 2.05) is 15.5 Å². The fourth-order valence-corrected chi connectivity index (χ4v) is 3.32. The Balaban J connectivity index is 0.00000133. The first-order valence-electron chi connectivity index (χ1n) is 6.27. The first-order valence-corrected chi connectivity index (χ1v) is 6.27. The molecular formula is C13H17ClN2O3. The van der Waals surface area contributed by atoms with E-state index in [1.165, 1.54) is 0 Å². The lowest BCUT2D eigenvalue weighted by molar-refractivity contribution is -0.139. The largest absolute Gasteiger partial charge is 0.480 e. The zero-order valence-electron chi connectivity index (χ0n) is 10.5. The minimum absolute atomic E-state index is 0. The highest BCUT2D eigenvalue weighted by atomic mass is 35.5. The molecule has 2 bridgehead atoms. The molecule has 3 heterocycles. The topological polar surface area (TPSA) is 62.5 Å². The smallest absolute Gasteiger partial charge is 0.317 e. The van der Waals surface area contributed by atoms with Gasteiger partial charge in [0.25, 0.3) is 5.56 Å². The molecule has 0 saturated carbocycles. The van der Waals surface area contributed by atoms with Crippen molar-refractivity contribution in [2.75, 3.05) is 19.6 Å². The predicted octanol–water partition coefficient (Wildman–Crippen LogP) is 0.774. The zero-order chi connectivity index (χ0) is 12.7. The summed E-state index contributed by atoms with van der Waals surface area (Å²) in [6.07, 6.45) is 1.07. The van der Waals surface area contributed by atoms with E-state index in [0.717, 1.165) is 31.7 Å². The van der Waals surface area contributed by atoms with Crippen LogP contribution in [-0.4, -0.2) is 40.2 Å². The third kappa shape index (κ3) is 2.67. The summed E-state index contributed by atoms with van der Waals surface area (Å²) in [5, 5.41) is 8.87. The van der Waals surface area contributed by atoms with Gasteiger partial charge in [-0.2, -0.15) is 0 Å². The Kier molecular flexibility index (Phi) is 3.96. The number of fused-ring (bicyclic) bond motifs is 4. The Morgan fingerprint density at radius 2 is 2.11 bits per heavy atom.